The third-order valence-electron chi connectivity index (χ3n) is 6.60. The minimum Gasteiger partial charge on any atom is -0.378 e. The van der Waals surface area contributed by atoms with Crippen molar-refractivity contribution in [3.8, 4) is 0 Å². The molecule has 1 aliphatic heterocycles. The average molecular weight is 449 g/mol. The molecule has 1 fully saturated rings. The Hall–Kier alpha value is -2.70. The van der Waals surface area contributed by atoms with Gasteiger partial charge in [-0.15, -0.1) is 0 Å². The van der Waals surface area contributed by atoms with E-state index in [1.54, 1.807) is 4.90 Å². The molecule has 1 saturated heterocycles. The van der Waals surface area contributed by atoms with Gasteiger partial charge in [-0.05, 0) is 63.3 Å². The number of hydrogen-bond donors (Lipinski definition) is 0. The minimum absolute atomic E-state index is 0.0203. The summed E-state index contributed by atoms with van der Waals surface area (Å²) in [5.41, 5.74) is 4.67. The third-order valence-corrected chi connectivity index (χ3v) is 6.60. The molecule has 176 valence electrons. The molecule has 0 N–H and O–H groups in total. The van der Waals surface area contributed by atoms with E-state index in [0.717, 1.165) is 49.3 Å². The zero-order chi connectivity index (χ0) is 23.2. The summed E-state index contributed by atoms with van der Waals surface area (Å²) in [6.07, 6.45) is 7.81. The lowest BCUT2D eigenvalue weighted by atomic mass is 10.1. The first-order valence-electron chi connectivity index (χ1n) is 12.1. The van der Waals surface area contributed by atoms with Crippen LogP contribution in [0.4, 0.5) is 0 Å². The summed E-state index contributed by atoms with van der Waals surface area (Å²) in [7, 11) is 3.99. The van der Waals surface area contributed by atoms with E-state index >= 15 is 0 Å². The van der Waals surface area contributed by atoms with Gasteiger partial charge in [-0.2, -0.15) is 0 Å². The Morgan fingerprint density at radius 1 is 1.12 bits per heavy atom. The Morgan fingerprint density at radius 2 is 1.94 bits per heavy atom. The molecule has 4 rings (SSSR count). The number of rotatable bonds is 9. The van der Waals surface area contributed by atoms with E-state index in [4.69, 9.17) is 9.72 Å². The molecule has 1 aromatic carbocycles. The van der Waals surface area contributed by atoms with Gasteiger partial charge in [0.2, 0.25) is 0 Å². The smallest absolute Gasteiger partial charge is 0.274 e. The van der Waals surface area contributed by atoms with Crippen molar-refractivity contribution in [1.82, 2.24) is 19.2 Å². The number of likely N-dealkylation sites (N-methyl/N-ethyl adjacent to an activating group) is 1. The van der Waals surface area contributed by atoms with E-state index in [0.29, 0.717) is 24.9 Å². The molecule has 6 nitrogen and oxygen atoms in total. The number of aromatic nitrogens is 2. The van der Waals surface area contributed by atoms with E-state index in [1.165, 1.54) is 18.4 Å². The van der Waals surface area contributed by atoms with Crippen molar-refractivity contribution in [2.45, 2.75) is 51.7 Å². The molecule has 0 bridgehead atoms. The zero-order valence-corrected chi connectivity index (χ0v) is 20.2. The molecule has 0 radical (unpaired) electrons. The van der Waals surface area contributed by atoms with E-state index in [9.17, 15) is 4.79 Å². The maximum Gasteiger partial charge on any atom is 0.274 e. The molecule has 3 heterocycles. The van der Waals surface area contributed by atoms with E-state index < -0.39 is 0 Å². The number of nitrogens with zero attached hydrogens (tertiary/aromatic N) is 4. The standard InChI is InChI=1S/C27H36N4O2/c1-21-10-9-16-31-24(20-29(2)17-15-23-13-7-8-19-33-23)25(28-26(21)31)27(32)30(3)18-14-22-11-5-4-6-12-22/h4-6,9-12,16,23H,7-8,13-15,17-20H2,1-3H3/t23-/m1/s1. The molecule has 0 spiro atoms. The fourth-order valence-electron chi connectivity index (χ4n) is 4.53. The summed E-state index contributed by atoms with van der Waals surface area (Å²) in [5.74, 6) is -0.0203. The first-order chi connectivity index (χ1) is 16.0. The van der Waals surface area contributed by atoms with Crippen LogP contribution in [0, 0.1) is 6.92 Å². The van der Waals surface area contributed by atoms with Crippen LogP contribution < -0.4 is 0 Å². The lowest BCUT2D eigenvalue weighted by Gasteiger charge is -2.25. The molecule has 0 aliphatic carbocycles. The molecule has 6 heteroatoms. The Labute approximate surface area is 197 Å². The normalized spacial score (nSPS) is 16.4. The predicted octanol–water partition coefficient (Wildman–Crippen LogP) is 4.35. The van der Waals surface area contributed by atoms with Crippen molar-refractivity contribution in [2.24, 2.45) is 0 Å². The van der Waals surface area contributed by atoms with Gasteiger partial charge < -0.3 is 18.9 Å². The molecular weight excluding hydrogens is 412 g/mol. The summed E-state index contributed by atoms with van der Waals surface area (Å²) in [4.78, 5) is 22.4. The van der Waals surface area contributed by atoms with Crippen LogP contribution in [0.3, 0.4) is 0 Å². The Morgan fingerprint density at radius 3 is 2.70 bits per heavy atom. The lowest BCUT2D eigenvalue weighted by Crippen LogP contribution is -2.31. The second kappa shape index (κ2) is 10.9. The number of carbonyl (C=O) groups excluding carboxylic acids is 1. The van der Waals surface area contributed by atoms with Crippen LogP contribution in [-0.4, -0.2) is 65.0 Å². The number of fused-ring (bicyclic) bond motifs is 1. The molecule has 2 aromatic heterocycles. The summed E-state index contributed by atoms with van der Waals surface area (Å²) < 4.78 is 7.99. The van der Waals surface area contributed by atoms with Crippen molar-refractivity contribution in [3.05, 3.63) is 71.2 Å². The molecular formula is C27H36N4O2. The van der Waals surface area contributed by atoms with Crippen molar-refractivity contribution in [1.29, 1.82) is 0 Å². The molecule has 1 atom stereocenters. The van der Waals surface area contributed by atoms with Crippen molar-refractivity contribution < 1.29 is 9.53 Å². The maximum absolute atomic E-state index is 13.5. The van der Waals surface area contributed by atoms with Gasteiger partial charge in [-0.25, -0.2) is 4.98 Å². The number of hydrogen-bond acceptors (Lipinski definition) is 4. The monoisotopic (exact) mass is 448 g/mol. The van der Waals surface area contributed by atoms with Gasteiger partial charge in [0.15, 0.2) is 5.69 Å². The number of ether oxygens (including phenoxy) is 1. The Kier molecular flexibility index (Phi) is 7.78. The third kappa shape index (κ3) is 5.81. The van der Waals surface area contributed by atoms with Crippen LogP contribution in [0.5, 0.6) is 0 Å². The number of aryl methyl sites for hydroxylation is 1. The van der Waals surface area contributed by atoms with E-state index in [-0.39, 0.29) is 5.91 Å². The Bertz CT molecular complexity index is 1060. The summed E-state index contributed by atoms with van der Waals surface area (Å²) in [5, 5.41) is 0. The number of pyridine rings is 1. The highest BCUT2D eigenvalue weighted by molar-refractivity contribution is 5.94. The van der Waals surface area contributed by atoms with E-state index in [1.807, 2.05) is 50.5 Å². The van der Waals surface area contributed by atoms with Crippen LogP contribution in [0.2, 0.25) is 0 Å². The maximum atomic E-state index is 13.5. The van der Waals surface area contributed by atoms with Gasteiger partial charge in [0, 0.05) is 39.5 Å². The SMILES string of the molecule is Cc1cccn2c(CN(C)CC[C@H]3CCCCO3)c(C(=O)N(C)CCc3ccccc3)nc12. The number of imidazole rings is 1. The highest BCUT2D eigenvalue weighted by Crippen LogP contribution is 2.20. The predicted molar refractivity (Wildman–Crippen MR) is 132 cm³/mol. The van der Waals surface area contributed by atoms with Crippen LogP contribution in [0.25, 0.3) is 5.65 Å². The van der Waals surface area contributed by atoms with Crippen molar-refractivity contribution >= 4 is 11.6 Å². The first kappa shape index (κ1) is 23.5. The van der Waals surface area contributed by atoms with Crippen LogP contribution >= 0.6 is 0 Å². The quantitative estimate of drug-likeness (QED) is 0.488. The van der Waals surface area contributed by atoms with Crippen LogP contribution in [0.15, 0.2) is 48.7 Å². The zero-order valence-electron chi connectivity index (χ0n) is 20.2. The average Bonchev–Trinajstić information content (AvgIpc) is 3.21. The van der Waals surface area contributed by atoms with Crippen LogP contribution in [0.1, 0.15) is 53.0 Å². The molecule has 0 saturated carbocycles. The number of carbonyl (C=O) groups is 1. The van der Waals surface area contributed by atoms with Crippen molar-refractivity contribution in [3.63, 3.8) is 0 Å². The van der Waals surface area contributed by atoms with Gasteiger partial charge in [0.1, 0.15) is 5.65 Å². The minimum atomic E-state index is -0.0203. The summed E-state index contributed by atoms with van der Waals surface area (Å²) >= 11 is 0. The topological polar surface area (TPSA) is 50.1 Å². The number of amides is 1. The van der Waals surface area contributed by atoms with Gasteiger partial charge >= 0.3 is 0 Å². The van der Waals surface area contributed by atoms with Gasteiger partial charge in [0.05, 0.1) is 11.8 Å². The number of benzene rings is 1. The molecule has 0 unspecified atom stereocenters. The molecule has 1 aliphatic rings. The van der Waals surface area contributed by atoms with Crippen LogP contribution in [-0.2, 0) is 17.7 Å². The van der Waals surface area contributed by atoms with Gasteiger partial charge in [-0.3, -0.25) is 4.79 Å². The van der Waals surface area contributed by atoms with E-state index in [2.05, 4.69) is 28.5 Å². The second-order valence-corrected chi connectivity index (χ2v) is 9.27. The van der Waals surface area contributed by atoms with Gasteiger partial charge in [0.25, 0.3) is 5.91 Å². The fourth-order valence-corrected chi connectivity index (χ4v) is 4.53. The summed E-state index contributed by atoms with van der Waals surface area (Å²) in [6.45, 7) is 5.19. The second-order valence-electron chi connectivity index (χ2n) is 9.27. The first-order valence-corrected chi connectivity index (χ1v) is 12.1. The highest BCUT2D eigenvalue weighted by atomic mass is 16.5. The lowest BCUT2D eigenvalue weighted by molar-refractivity contribution is 0.00633. The van der Waals surface area contributed by atoms with Gasteiger partial charge in [-0.1, -0.05) is 36.4 Å². The largest absolute Gasteiger partial charge is 0.378 e. The van der Waals surface area contributed by atoms with Crippen molar-refractivity contribution in [2.75, 3.05) is 33.8 Å². The Balaban J connectivity index is 1.49. The fraction of sp³-hybridized carbons (Fsp3) is 0.481. The highest BCUT2D eigenvalue weighted by Gasteiger charge is 2.24. The summed E-state index contributed by atoms with van der Waals surface area (Å²) in [6, 6.07) is 14.4. The molecule has 3 aromatic rings. The molecule has 1 amide bonds. The molecule has 33 heavy (non-hydrogen) atoms.